The van der Waals surface area contributed by atoms with Crippen molar-refractivity contribution in [2.75, 3.05) is 19.0 Å². The van der Waals surface area contributed by atoms with Gasteiger partial charge in [-0.2, -0.15) is 4.98 Å². The minimum Gasteiger partial charge on any atom is -0.493 e. The van der Waals surface area contributed by atoms with Crippen molar-refractivity contribution in [2.45, 2.75) is 38.9 Å². The highest BCUT2D eigenvalue weighted by molar-refractivity contribution is 6.30. The van der Waals surface area contributed by atoms with Gasteiger partial charge in [-0.3, -0.25) is 14.6 Å². The van der Waals surface area contributed by atoms with Crippen molar-refractivity contribution >= 4 is 40.5 Å². The number of oxazole rings is 1. The lowest BCUT2D eigenvalue weighted by molar-refractivity contribution is -0.129. The molecule has 2 unspecified atom stereocenters. The zero-order valence-electron chi connectivity index (χ0n) is 18.0. The molecule has 4 rings (SSSR count). The van der Waals surface area contributed by atoms with Crippen molar-refractivity contribution in [3.63, 3.8) is 0 Å². The van der Waals surface area contributed by atoms with Crippen LogP contribution in [0, 0.1) is 0 Å². The van der Waals surface area contributed by atoms with Crippen LogP contribution in [0.25, 0.3) is 11.1 Å². The first-order valence-corrected chi connectivity index (χ1v) is 10.7. The fraction of sp³-hybridized carbons (Fsp3) is 0.364. The molecule has 2 aromatic heterocycles. The summed E-state index contributed by atoms with van der Waals surface area (Å²) in [5.74, 6) is -0.00980. The number of benzene rings is 1. The Morgan fingerprint density at radius 2 is 2.22 bits per heavy atom. The quantitative estimate of drug-likeness (QED) is 0.584. The largest absolute Gasteiger partial charge is 0.493 e. The average Bonchev–Trinajstić information content (AvgIpc) is 3.19. The van der Waals surface area contributed by atoms with Crippen LogP contribution >= 0.6 is 11.6 Å². The monoisotopic (exact) mass is 457 g/mol. The van der Waals surface area contributed by atoms with Crippen LogP contribution in [0.4, 0.5) is 6.01 Å². The van der Waals surface area contributed by atoms with Gasteiger partial charge in [-0.15, -0.1) is 0 Å². The molecule has 2 atom stereocenters. The molecule has 9 nitrogen and oxygen atoms in total. The van der Waals surface area contributed by atoms with E-state index in [1.165, 1.54) is 7.11 Å². The summed E-state index contributed by atoms with van der Waals surface area (Å²) < 4.78 is 11.3. The second kappa shape index (κ2) is 9.04. The molecule has 3 aromatic rings. The summed E-state index contributed by atoms with van der Waals surface area (Å²) in [6.45, 7) is 4.55. The number of fused-ring (bicyclic) bond motifs is 1. The van der Waals surface area contributed by atoms with Crippen LogP contribution in [0.15, 0.2) is 34.9 Å². The Morgan fingerprint density at radius 1 is 1.41 bits per heavy atom. The number of nitrogens with zero attached hydrogens (tertiary/aromatic N) is 3. The average molecular weight is 458 g/mol. The van der Waals surface area contributed by atoms with Crippen molar-refractivity contribution < 1.29 is 18.7 Å². The third-order valence-electron chi connectivity index (χ3n) is 5.31. The molecule has 2 amide bonds. The molecule has 1 aliphatic rings. The van der Waals surface area contributed by atoms with Crippen molar-refractivity contribution in [2.24, 2.45) is 0 Å². The van der Waals surface area contributed by atoms with E-state index in [2.05, 4.69) is 20.6 Å². The Kier molecular flexibility index (Phi) is 6.18. The number of carbonyl (C=O) groups excluding carboxylic acids is 2. The van der Waals surface area contributed by atoms with Crippen molar-refractivity contribution in [1.82, 2.24) is 20.2 Å². The van der Waals surface area contributed by atoms with Gasteiger partial charge in [0.25, 0.3) is 11.9 Å². The minimum absolute atomic E-state index is 0.122. The first-order chi connectivity index (χ1) is 15.4. The molecule has 10 heteroatoms. The molecular weight excluding hydrogens is 434 g/mol. The fourth-order valence-electron chi connectivity index (χ4n) is 3.81. The zero-order chi connectivity index (χ0) is 22.8. The van der Waals surface area contributed by atoms with E-state index in [9.17, 15) is 9.59 Å². The Bertz CT molecular complexity index is 1160. The summed E-state index contributed by atoms with van der Waals surface area (Å²) in [4.78, 5) is 36.0. The molecule has 2 N–H and O–H groups in total. The Hall–Kier alpha value is -3.33. The van der Waals surface area contributed by atoms with Crippen LogP contribution in [-0.4, -0.2) is 52.4 Å². The lowest BCUT2D eigenvalue weighted by Gasteiger charge is -2.38. The van der Waals surface area contributed by atoms with Crippen LogP contribution in [0.1, 0.15) is 36.3 Å². The number of halogens is 1. The molecule has 0 radical (unpaired) electrons. The highest BCUT2D eigenvalue weighted by Gasteiger charge is 2.35. The predicted molar refractivity (Wildman–Crippen MR) is 120 cm³/mol. The number of nitrogens with one attached hydrogen (secondary N) is 2. The minimum atomic E-state index is -0.514. The number of pyridine rings is 1. The SMILES string of the molecule is CCC1C(=O)NC(C)CN1C(=O)c1cc(OC)c2oc(NCc3cc(Cl)ccn3)nc2c1. The van der Waals surface area contributed by atoms with Crippen LogP contribution < -0.4 is 15.4 Å². The lowest BCUT2D eigenvalue weighted by atomic mass is 10.0. The number of anilines is 1. The van der Waals surface area contributed by atoms with Crippen molar-refractivity contribution in [3.05, 3.63) is 46.7 Å². The van der Waals surface area contributed by atoms with Crippen LogP contribution in [0.5, 0.6) is 5.75 Å². The van der Waals surface area contributed by atoms with Gasteiger partial charge in [0.2, 0.25) is 5.91 Å². The molecule has 168 valence electrons. The Morgan fingerprint density at radius 3 is 2.94 bits per heavy atom. The maximum absolute atomic E-state index is 13.3. The summed E-state index contributed by atoms with van der Waals surface area (Å²) in [6, 6.07) is 6.33. The second-order valence-electron chi connectivity index (χ2n) is 7.66. The molecule has 1 saturated heterocycles. The third kappa shape index (κ3) is 4.34. The van der Waals surface area contributed by atoms with Gasteiger partial charge in [-0.25, -0.2) is 0 Å². The number of piperazine rings is 1. The van der Waals surface area contributed by atoms with E-state index in [0.29, 0.717) is 46.9 Å². The van der Waals surface area contributed by atoms with Crippen molar-refractivity contribution in [3.8, 4) is 5.75 Å². The van der Waals surface area contributed by atoms with Gasteiger partial charge < -0.3 is 24.7 Å². The van der Waals surface area contributed by atoms with E-state index in [4.69, 9.17) is 20.8 Å². The molecule has 0 saturated carbocycles. The zero-order valence-corrected chi connectivity index (χ0v) is 18.8. The summed E-state index contributed by atoms with van der Waals surface area (Å²) in [5, 5.41) is 6.55. The molecule has 1 fully saturated rings. The standard InChI is InChI=1S/C22H24ClN5O4/c1-4-17-20(29)26-12(2)11-28(17)21(30)13-7-16-19(18(8-13)31-3)32-22(27-16)25-10-15-9-14(23)5-6-24-15/h5-9,12,17H,4,10-11H2,1-3H3,(H,25,27)(H,26,29). The predicted octanol–water partition coefficient (Wildman–Crippen LogP) is 3.24. The van der Waals surface area contributed by atoms with Crippen LogP contribution in [0.3, 0.4) is 0 Å². The summed E-state index contributed by atoms with van der Waals surface area (Å²) in [6.07, 6.45) is 2.15. The molecule has 3 heterocycles. The van der Waals surface area contributed by atoms with E-state index in [-0.39, 0.29) is 23.9 Å². The van der Waals surface area contributed by atoms with E-state index in [0.717, 1.165) is 5.69 Å². The molecule has 0 bridgehead atoms. The lowest BCUT2D eigenvalue weighted by Crippen LogP contribution is -2.60. The topological polar surface area (TPSA) is 110 Å². The normalized spacial score (nSPS) is 18.5. The van der Waals surface area contributed by atoms with Crippen molar-refractivity contribution in [1.29, 1.82) is 0 Å². The van der Waals surface area contributed by atoms with Crippen LogP contribution in [0.2, 0.25) is 5.02 Å². The summed E-state index contributed by atoms with van der Waals surface area (Å²) >= 11 is 6.00. The van der Waals surface area contributed by atoms with E-state index in [1.807, 2.05) is 13.8 Å². The smallest absolute Gasteiger partial charge is 0.296 e. The Labute approximate surface area is 190 Å². The second-order valence-corrected chi connectivity index (χ2v) is 8.09. The molecule has 1 aliphatic heterocycles. The van der Waals surface area contributed by atoms with E-state index in [1.54, 1.807) is 35.4 Å². The first-order valence-electron chi connectivity index (χ1n) is 10.3. The maximum atomic E-state index is 13.3. The number of amides is 2. The molecule has 0 aliphatic carbocycles. The highest BCUT2D eigenvalue weighted by atomic mass is 35.5. The van der Waals surface area contributed by atoms with Gasteiger partial charge in [0.1, 0.15) is 11.6 Å². The number of aromatic nitrogens is 2. The number of carbonyl (C=O) groups is 2. The number of hydrogen-bond donors (Lipinski definition) is 2. The number of rotatable bonds is 6. The molecule has 0 spiro atoms. The van der Waals surface area contributed by atoms with Crippen LogP contribution in [-0.2, 0) is 11.3 Å². The molecule has 1 aromatic carbocycles. The third-order valence-corrected chi connectivity index (χ3v) is 5.54. The van der Waals surface area contributed by atoms with Gasteiger partial charge in [0.15, 0.2) is 11.3 Å². The van der Waals surface area contributed by atoms with E-state index >= 15 is 0 Å². The maximum Gasteiger partial charge on any atom is 0.296 e. The molecular formula is C22H24ClN5O4. The van der Waals surface area contributed by atoms with Gasteiger partial charge in [-0.05, 0) is 37.6 Å². The van der Waals surface area contributed by atoms with Gasteiger partial charge in [0.05, 0.1) is 19.3 Å². The van der Waals surface area contributed by atoms with Gasteiger partial charge >= 0.3 is 0 Å². The highest BCUT2D eigenvalue weighted by Crippen LogP contribution is 2.31. The number of methoxy groups -OCH3 is 1. The van der Waals surface area contributed by atoms with Gasteiger partial charge in [-0.1, -0.05) is 18.5 Å². The number of hydrogen-bond acceptors (Lipinski definition) is 7. The van der Waals surface area contributed by atoms with E-state index < -0.39 is 6.04 Å². The fourth-order valence-corrected chi connectivity index (χ4v) is 3.99. The summed E-state index contributed by atoms with van der Waals surface area (Å²) in [7, 11) is 1.50. The van der Waals surface area contributed by atoms with Gasteiger partial charge in [0, 0.05) is 29.4 Å². The Balaban J connectivity index is 1.61. The molecule has 32 heavy (non-hydrogen) atoms. The number of ether oxygens (including phenoxy) is 1. The summed E-state index contributed by atoms with van der Waals surface area (Å²) in [5.41, 5.74) is 2.00. The first kappa shape index (κ1) is 21.9.